The summed E-state index contributed by atoms with van der Waals surface area (Å²) in [5.41, 5.74) is 2.22. The Bertz CT molecular complexity index is 2340. The van der Waals surface area contributed by atoms with E-state index in [0.717, 1.165) is 16.5 Å². The van der Waals surface area contributed by atoms with Crippen LogP contribution in [-0.2, 0) is 59.5 Å². The number of nitrogens with zero attached hydrogens (tertiary/aromatic N) is 2. The normalized spacial score (nSPS) is 16.6. The van der Waals surface area contributed by atoms with Crippen molar-refractivity contribution in [1.29, 1.82) is 0 Å². The van der Waals surface area contributed by atoms with Gasteiger partial charge in [0.05, 0.1) is 110 Å². The summed E-state index contributed by atoms with van der Waals surface area (Å²) in [6.45, 7) is 8.18. The van der Waals surface area contributed by atoms with Crippen molar-refractivity contribution in [3.8, 4) is 11.3 Å². The van der Waals surface area contributed by atoms with Crippen LogP contribution in [-0.4, -0.2) is 148 Å². The molecule has 23 heteroatoms. The first-order valence-corrected chi connectivity index (χ1v) is 24.8. The predicted molar refractivity (Wildman–Crippen MR) is 226 cm³/mol. The standard InChI is InChI=1S/C41H58N2O16S3.2Na/c1-3-42(15-6-30-61(48,49)50)34-9-11-36-33(13-18-59-39(36)31-34)7-4-8-40-41(2,14-5-29-60(45,46)47)37-32-35(62(51,52)53)10-12-38(37)43(40)16-19-54-21-23-56-25-27-58-28-26-57-24-22-55-20-17-44;;/h4,7-13,18,31-32,44H,3,5-6,14-17,19-30H2,1-2H3,(H2-,45,46,47,48,49,50,51,52,53);;/q;2*+1/p-2. The molecule has 0 radical (unpaired) electrons. The quantitative estimate of drug-likeness (QED) is 0.0302. The van der Waals surface area contributed by atoms with E-state index >= 15 is 0 Å². The van der Waals surface area contributed by atoms with Gasteiger partial charge in [-0.2, -0.15) is 0 Å². The Morgan fingerprint density at radius 1 is 0.766 bits per heavy atom. The minimum atomic E-state index is -4.85. The van der Waals surface area contributed by atoms with Crippen LogP contribution in [0.4, 0.5) is 5.69 Å². The van der Waals surface area contributed by atoms with E-state index in [4.69, 9.17) is 33.2 Å². The molecule has 0 saturated carbocycles. The Balaban J connectivity index is 0.00000704. The molecule has 0 fully saturated rings. The zero-order valence-electron chi connectivity index (χ0n) is 37.0. The molecule has 0 spiro atoms. The van der Waals surface area contributed by atoms with Crippen molar-refractivity contribution >= 4 is 42.1 Å². The van der Waals surface area contributed by atoms with Crippen molar-refractivity contribution in [3.63, 3.8) is 0 Å². The zero-order valence-corrected chi connectivity index (χ0v) is 43.4. The van der Waals surface area contributed by atoms with Crippen LogP contribution < -0.4 is 73.9 Å². The largest absolute Gasteiger partial charge is 1.00 e. The summed E-state index contributed by atoms with van der Waals surface area (Å²) < 4.78 is 140. The van der Waals surface area contributed by atoms with Gasteiger partial charge in [-0.25, -0.2) is 29.8 Å². The average Bonchev–Trinajstić information content (AvgIpc) is 3.43. The molecule has 2 heterocycles. The van der Waals surface area contributed by atoms with E-state index in [9.17, 15) is 38.9 Å². The van der Waals surface area contributed by atoms with Crippen LogP contribution in [0.25, 0.3) is 17.4 Å². The van der Waals surface area contributed by atoms with Crippen LogP contribution in [0.2, 0.25) is 0 Å². The first-order valence-electron chi connectivity index (χ1n) is 20.2. The monoisotopic (exact) mass is 974 g/mol. The predicted octanol–water partition coefficient (Wildman–Crippen LogP) is -3.90. The Morgan fingerprint density at radius 3 is 1.91 bits per heavy atom. The molecule has 1 aromatic rings. The Kier molecular flexibility index (Phi) is 26.2. The first kappa shape index (κ1) is 58.5. The summed E-state index contributed by atoms with van der Waals surface area (Å²) in [7, 11) is -13.8. The van der Waals surface area contributed by atoms with Gasteiger partial charge in [-0.05, 0) is 74.2 Å². The molecule has 3 aliphatic rings. The van der Waals surface area contributed by atoms with Crippen molar-refractivity contribution in [2.24, 2.45) is 0 Å². The summed E-state index contributed by atoms with van der Waals surface area (Å²) in [6, 6.07) is 11.4. The summed E-state index contributed by atoms with van der Waals surface area (Å²) in [4.78, 5) is 1.48. The molecule has 0 amide bonds. The van der Waals surface area contributed by atoms with Crippen molar-refractivity contribution in [2.75, 3.05) is 109 Å². The van der Waals surface area contributed by atoms with Crippen molar-refractivity contribution in [3.05, 3.63) is 83.1 Å². The van der Waals surface area contributed by atoms with Crippen LogP contribution in [0.15, 0.2) is 75.9 Å². The van der Waals surface area contributed by atoms with Gasteiger partial charge >= 0.3 is 59.1 Å². The Hall–Kier alpha value is -1.58. The number of anilines is 1. The number of allylic oxidation sites excluding steroid dienone is 3. The molecule has 18 nitrogen and oxygen atoms in total. The maximum Gasteiger partial charge on any atom is 1.00 e. The number of aliphatic hydroxyl groups is 1. The second-order valence-corrected chi connectivity index (χ2v) is 18.9. The van der Waals surface area contributed by atoms with E-state index < -0.39 is 52.2 Å². The van der Waals surface area contributed by atoms with Gasteiger partial charge in [-0.1, -0.05) is 12.2 Å². The van der Waals surface area contributed by atoms with E-state index in [-0.39, 0.29) is 118 Å². The maximum absolute atomic E-state index is 12.2. The van der Waals surface area contributed by atoms with Crippen LogP contribution in [0.3, 0.4) is 0 Å². The molecule has 1 N–H and O–H groups in total. The van der Waals surface area contributed by atoms with E-state index in [0.29, 0.717) is 75.4 Å². The topological polar surface area (TPSA) is 257 Å². The molecule has 4 rings (SSSR count). The zero-order chi connectivity index (χ0) is 45.2. The molecular formula is C41H56N2Na2O16S3. The molecule has 64 heavy (non-hydrogen) atoms. The number of fused-ring (bicyclic) bond motifs is 2. The van der Waals surface area contributed by atoms with Crippen molar-refractivity contribution in [1.82, 2.24) is 4.58 Å². The van der Waals surface area contributed by atoms with E-state index in [1.165, 1.54) is 24.5 Å². The van der Waals surface area contributed by atoms with Gasteiger partial charge in [0, 0.05) is 52.9 Å². The van der Waals surface area contributed by atoms with E-state index in [1.54, 1.807) is 12.1 Å². The van der Waals surface area contributed by atoms with Crippen LogP contribution in [0.5, 0.6) is 0 Å². The third-order valence-electron chi connectivity index (χ3n) is 10.1. The fourth-order valence-electron chi connectivity index (χ4n) is 7.10. The van der Waals surface area contributed by atoms with Crippen molar-refractivity contribution in [2.45, 2.75) is 43.4 Å². The average molecular weight is 975 g/mol. The second-order valence-electron chi connectivity index (χ2n) is 14.4. The second kappa shape index (κ2) is 28.7. The maximum atomic E-state index is 12.2. The molecular weight excluding hydrogens is 919 g/mol. The first-order chi connectivity index (χ1) is 29.5. The minimum Gasteiger partial charge on any atom is -0.748 e. The van der Waals surface area contributed by atoms with Gasteiger partial charge in [0.15, 0.2) is 0 Å². The molecule has 1 unspecified atom stereocenters. The molecule has 0 aromatic heterocycles. The number of rotatable bonds is 29. The summed E-state index contributed by atoms with van der Waals surface area (Å²) in [5.74, 6) is -0.556. The molecule has 346 valence electrons. The van der Waals surface area contributed by atoms with Crippen LogP contribution in [0, 0.1) is 0 Å². The molecule has 0 bridgehead atoms. The third kappa shape index (κ3) is 19.2. The van der Waals surface area contributed by atoms with Gasteiger partial charge < -0.3 is 51.8 Å². The van der Waals surface area contributed by atoms with Gasteiger partial charge in [-0.15, -0.1) is 0 Å². The van der Waals surface area contributed by atoms with Gasteiger partial charge in [0.25, 0.3) is 0 Å². The fraction of sp³-hybridized carbons (Fsp3) is 0.537. The molecule has 2 aliphatic heterocycles. The number of ether oxygens (including phenoxy) is 5. The number of hydrogen-bond donors (Lipinski definition) is 1. The van der Waals surface area contributed by atoms with Crippen molar-refractivity contribution < 1.29 is 131 Å². The number of aliphatic hydroxyl groups excluding tert-OH is 1. The number of benzene rings is 2. The summed E-state index contributed by atoms with van der Waals surface area (Å²) >= 11 is 0. The van der Waals surface area contributed by atoms with E-state index in [2.05, 4.69) is 0 Å². The number of hydrogen-bond acceptors (Lipinski definition) is 17. The van der Waals surface area contributed by atoms with E-state index in [1.807, 2.05) is 53.7 Å². The van der Waals surface area contributed by atoms with Gasteiger partial charge in [0.2, 0.25) is 5.36 Å². The SMILES string of the molecule is CC[N+](CCCS(=O)(=O)[O-])=c1ccc2c(/C=C/C=C3/N(CCOCCOCCOCCOCCOCCO)c4ccc(S(=O)(=O)[O-])cc4C3(C)CCCS(=O)(=O)[O-])ccoc-2c1.[Na+].[Na+]. The molecule has 0 saturated heterocycles. The fourth-order valence-corrected chi connectivity index (χ4v) is 8.58. The summed E-state index contributed by atoms with van der Waals surface area (Å²) in [6.07, 6.45) is 7.26. The van der Waals surface area contributed by atoms with Crippen LogP contribution in [0.1, 0.15) is 44.2 Å². The molecule has 1 aliphatic carbocycles. The third-order valence-corrected chi connectivity index (χ3v) is 12.5. The Labute approximate surface area is 420 Å². The molecule has 1 aromatic carbocycles. The summed E-state index contributed by atoms with van der Waals surface area (Å²) in [5, 5.41) is 9.48. The van der Waals surface area contributed by atoms with Gasteiger partial charge in [-0.3, -0.25) is 0 Å². The smallest absolute Gasteiger partial charge is 0.748 e. The minimum absolute atomic E-state index is 0. The molecule has 1 atom stereocenters. The van der Waals surface area contributed by atoms with Gasteiger partial charge in [0.1, 0.15) is 29.0 Å². The van der Waals surface area contributed by atoms with Crippen LogP contribution >= 0.6 is 0 Å². The Morgan fingerprint density at radius 2 is 1.34 bits per heavy atom.